The molecule has 0 N–H and O–H groups in total. The quantitative estimate of drug-likeness (QED) is 0.483. The van der Waals surface area contributed by atoms with Gasteiger partial charge >= 0.3 is 5.97 Å². The molecule has 1 fully saturated rings. The molecule has 2 heterocycles. The van der Waals surface area contributed by atoms with Crippen molar-refractivity contribution in [1.82, 2.24) is 9.88 Å². The maximum atomic E-state index is 14.2. The van der Waals surface area contributed by atoms with Gasteiger partial charge in [-0.3, -0.25) is 14.6 Å². The minimum absolute atomic E-state index is 0. The van der Waals surface area contributed by atoms with E-state index in [1.165, 1.54) is 42.3 Å². The van der Waals surface area contributed by atoms with Crippen molar-refractivity contribution in [3.63, 3.8) is 0 Å². The summed E-state index contributed by atoms with van der Waals surface area (Å²) in [5.74, 6) is -2.33. The second-order valence-corrected chi connectivity index (χ2v) is 8.22. The van der Waals surface area contributed by atoms with Gasteiger partial charge in [-0.2, -0.15) is 0 Å². The Hall–Kier alpha value is -2.66. The molecule has 0 spiro atoms. The van der Waals surface area contributed by atoms with Crippen molar-refractivity contribution in [3.05, 3.63) is 59.2 Å². The van der Waals surface area contributed by atoms with Crippen LogP contribution in [-0.4, -0.2) is 68.3 Å². The molecular weight excluding hydrogens is 476 g/mol. The minimum Gasteiger partial charge on any atom is -0.465 e. The molecule has 0 bridgehead atoms. The standard InChI is InChI=1S/C22H21F2N3O4S.ClH/c1-30-21(29)15-4-2-14(3-5-15)20(28)27(7-6-26-8-10-31-11-9-26)22-25-19-17(24)12-16(23)13-18(19)32-22;/h2-5,12-13H,6-11H2,1H3;1H. The average molecular weight is 498 g/mol. The summed E-state index contributed by atoms with van der Waals surface area (Å²) in [7, 11) is 1.28. The zero-order chi connectivity index (χ0) is 22.7. The van der Waals surface area contributed by atoms with Crippen molar-refractivity contribution >= 4 is 51.0 Å². The van der Waals surface area contributed by atoms with E-state index in [9.17, 15) is 18.4 Å². The predicted molar refractivity (Wildman–Crippen MR) is 124 cm³/mol. The van der Waals surface area contributed by atoms with Gasteiger partial charge in [0, 0.05) is 37.8 Å². The summed E-state index contributed by atoms with van der Waals surface area (Å²) >= 11 is 1.05. The fourth-order valence-electron chi connectivity index (χ4n) is 3.43. The number of carbonyl (C=O) groups is 2. The van der Waals surface area contributed by atoms with Crippen molar-refractivity contribution in [2.75, 3.05) is 51.4 Å². The van der Waals surface area contributed by atoms with Crippen LogP contribution in [0.15, 0.2) is 36.4 Å². The van der Waals surface area contributed by atoms with Crippen LogP contribution >= 0.6 is 23.7 Å². The Morgan fingerprint density at radius 1 is 1.15 bits per heavy atom. The summed E-state index contributed by atoms with van der Waals surface area (Å²) in [6.45, 7) is 3.61. The number of hydrogen-bond donors (Lipinski definition) is 0. The molecule has 0 radical (unpaired) electrons. The van der Waals surface area contributed by atoms with Crippen LogP contribution in [-0.2, 0) is 9.47 Å². The first-order chi connectivity index (χ1) is 15.5. The smallest absolute Gasteiger partial charge is 0.337 e. The lowest BCUT2D eigenvalue weighted by atomic mass is 10.1. The van der Waals surface area contributed by atoms with E-state index in [0.29, 0.717) is 42.1 Å². The molecule has 0 unspecified atom stereocenters. The molecule has 3 aromatic rings. The maximum Gasteiger partial charge on any atom is 0.337 e. The number of thiazole rings is 1. The van der Waals surface area contributed by atoms with Crippen LogP contribution in [0.5, 0.6) is 0 Å². The first-order valence-corrected chi connectivity index (χ1v) is 10.8. The third kappa shape index (κ3) is 5.64. The Morgan fingerprint density at radius 2 is 1.82 bits per heavy atom. The molecule has 176 valence electrons. The Bertz CT molecular complexity index is 1140. The number of carbonyl (C=O) groups excluding carboxylic acids is 2. The molecule has 4 rings (SSSR count). The number of benzene rings is 2. The molecule has 0 atom stereocenters. The van der Waals surface area contributed by atoms with E-state index >= 15 is 0 Å². The van der Waals surface area contributed by atoms with Gasteiger partial charge in [-0.15, -0.1) is 12.4 Å². The topological polar surface area (TPSA) is 72.0 Å². The van der Waals surface area contributed by atoms with E-state index in [-0.39, 0.29) is 29.0 Å². The largest absolute Gasteiger partial charge is 0.465 e. The van der Waals surface area contributed by atoms with Crippen molar-refractivity contribution in [3.8, 4) is 0 Å². The average Bonchev–Trinajstić information content (AvgIpc) is 3.23. The maximum absolute atomic E-state index is 14.2. The van der Waals surface area contributed by atoms with Crippen LogP contribution in [0.1, 0.15) is 20.7 Å². The molecular formula is C22H22ClF2N3O4S. The Balaban J connectivity index is 0.00000306. The number of anilines is 1. The number of nitrogens with zero attached hydrogens (tertiary/aromatic N) is 3. The zero-order valence-corrected chi connectivity index (χ0v) is 19.4. The highest BCUT2D eigenvalue weighted by atomic mass is 35.5. The predicted octanol–water partition coefficient (Wildman–Crippen LogP) is 3.76. The molecule has 7 nitrogen and oxygen atoms in total. The van der Waals surface area contributed by atoms with Gasteiger partial charge in [0.05, 0.1) is 30.6 Å². The molecule has 33 heavy (non-hydrogen) atoms. The highest BCUT2D eigenvalue weighted by Gasteiger charge is 2.24. The molecule has 1 saturated heterocycles. The normalized spacial score (nSPS) is 14.0. The number of amides is 1. The van der Waals surface area contributed by atoms with E-state index in [0.717, 1.165) is 30.5 Å². The van der Waals surface area contributed by atoms with Crippen LogP contribution < -0.4 is 4.90 Å². The summed E-state index contributed by atoms with van der Waals surface area (Å²) in [5, 5.41) is 0.278. The van der Waals surface area contributed by atoms with Crippen LogP contribution in [0.25, 0.3) is 10.2 Å². The van der Waals surface area contributed by atoms with Crippen molar-refractivity contribution in [1.29, 1.82) is 0 Å². The summed E-state index contributed by atoms with van der Waals surface area (Å²) in [4.78, 5) is 33.0. The van der Waals surface area contributed by atoms with Crippen LogP contribution in [0.4, 0.5) is 13.9 Å². The third-order valence-electron chi connectivity index (χ3n) is 5.17. The zero-order valence-electron chi connectivity index (χ0n) is 17.8. The number of esters is 1. The number of rotatable bonds is 6. The van der Waals surface area contributed by atoms with E-state index in [2.05, 4.69) is 14.6 Å². The summed E-state index contributed by atoms with van der Waals surface area (Å²) in [5.41, 5.74) is 0.684. The number of aromatic nitrogens is 1. The number of ether oxygens (including phenoxy) is 2. The van der Waals surface area contributed by atoms with Gasteiger partial charge in [0.15, 0.2) is 10.9 Å². The van der Waals surface area contributed by atoms with Gasteiger partial charge in [-0.1, -0.05) is 11.3 Å². The van der Waals surface area contributed by atoms with E-state index in [4.69, 9.17) is 4.74 Å². The Kier molecular flexibility index (Phi) is 8.30. The first kappa shape index (κ1) is 25.0. The van der Waals surface area contributed by atoms with Gasteiger partial charge in [0.1, 0.15) is 11.3 Å². The van der Waals surface area contributed by atoms with Crippen molar-refractivity contribution in [2.45, 2.75) is 0 Å². The minimum atomic E-state index is -0.773. The second kappa shape index (κ2) is 11.0. The lowest BCUT2D eigenvalue weighted by Crippen LogP contribution is -2.43. The fraction of sp³-hybridized carbons (Fsp3) is 0.318. The number of methoxy groups -OCH3 is 1. The fourth-order valence-corrected chi connectivity index (χ4v) is 4.46. The Labute approximate surface area is 199 Å². The Morgan fingerprint density at radius 3 is 2.48 bits per heavy atom. The van der Waals surface area contributed by atoms with E-state index in [1.807, 2.05) is 0 Å². The highest BCUT2D eigenvalue weighted by molar-refractivity contribution is 7.22. The monoisotopic (exact) mass is 497 g/mol. The third-order valence-corrected chi connectivity index (χ3v) is 6.20. The molecule has 1 amide bonds. The van der Waals surface area contributed by atoms with Gasteiger partial charge in [-0.05, 0) is 30.3 Å². The number of halogens is 3. The molecule has 1 aliphatic heterocycles. The van der Waals surface area contributed by atoms with Crippen LogP contribution in [0, 0.1) is 11.6 Å². The van der Waals surface area contributed by atoms with E-state index < -0.39 is 17.6 Å². The molecule has 1 aromatic heterocycles. The van der Waals surface area contributed by atoms with Crippen molar-refractivity contribution < 1.29 is 27.8 Å². The molecule has 2 aromatic carbocycles. The van der Waals surface area contributed by atoms with Gasteiger partial charge in [0.25, 0.3) is 5.91 Å². The summed E-state index contributed by atoms with van der Waals surface area (Å²) in [6.07, 6.45) is 0. The van der Waals surface area contributed by atoms with Crippen LogP contribution in [0.2, 0.25) is 0 Å². The van der Waals surface area contributed by atoms with Gasteiger partial charge in [-0.25, -0.2) is 18.6 Å². The lowest BCUT2D eigenvalue weighted by Gasteiger charge is -2.29. The number of fused-ring (bicyclic) bond motifs is 1. The highest BCUT2D eigenvalue weighted by Crippen LogP contribution is 2.32. The SMILES string of the molecule is COC(=O)c1ccc(C(=O)N(CCN2CCOCC2)c2nc3c(F)cc(F)cc3s2)cc1.Cl. The second-order valence-electron chi connectivity index (χ2n) is 7.21. The van der Waals surface area contributed by atoms with E-state index in [1.54, 1.807) is 0 Å². The summed E-state index contributed by atoms with van der Waals surface area (Å²) in [6, 6.07) is 8.06. The van der Waals surface area contributed by atoms with Crippen molar-refractivity contribution in [2.24, 2.45) is 0 Å². The number of morpholine rings is 1. The number of hydrogen-bond acceptors (Lipinski definition) is 7. The molecule has 0 aliphatic carbocycles. The lowest BCUT2D eigenvalue weighted by molar-refractivity contribution is 0.0391. The molecule has 1 aliphatic rings. The van der Waals surface area contributed by atoms with Gasteiger partial charge < -0.3 is 9.47 Å². The first-order valence-electron chi connectivity index (χ1n) is 10.0. The van der Waals surface area contributed by atoms with Crippen LogP contribution in [0.3, 0.4) is 0 Å². The molecule has 0 saturated carbocycles. The van der Waals surface area contributed by atoms with Gasteiger partial charge in [0.2, 0.25) is 0 Å². The molecule has 11 heteroatoms. The summed E-state index contributed by atoms with van der Waals surface area (Å²) < 4.78 is 38.2.